The maximum Gasteiger partial charge on any atom is 0.254 e. The summed E-state index contributed by atoms with van der Waals surface area (Å²) in [5, 5.41) is 0. The average Bonchev–Trinajstić information content (AvgIpc) is 2.32. The lowest BCUT2D eigenvalue weighted by atomic mass is 9.87. The zero-order valence-corrected chi connectivity index (χ0v) is 10.8. The molecule has 0 saturated carbocycles. The minimum atomic E-state index is -0.332. The SMILES string of the molecule is CC1(C)CCC(N)CN1C(=O)c1ccc(F)cc1. The number of halogens is 1. The maximum absolute atomic E-state index is 12.9. The largest absolute Gasteiger partial charge is 0.332 e. The normalized spacial score (nSPS) is 22.9. The molecule has 2 N–H and O–H groups in total. The molecule has 1 aliphatic heterocycles. The van der Waals surface area contributed by atoms with Crippen molar-refractivity contribution >= 4 is 5.91 Å². The summed E-state index contributed by atoms with van der Waals surface area (Å²) in [6, 6.07) is 5.69. The van der Waals surface area contributed by atoms with Crippen LogP contribution in [0, 0.1) is 5.82 Å². The van der Waals surface area contributed by atoms with E-state index < -0.39 is 0 Å². The lowest BCUT2D eigenvalue weighted by Gasteiger charge is -2.44. The number of nitrogens with zero attached hydrogens (tertiary/aromatic N) is 1. The van der Waals surface area contributed by atoms with E-state index in [0.29, 0.717) is 12.1 Å². The van der Waals surface area contributed by atoms with Crippen LogP contribution in [0.2, 0.25) is 0 Å². The zero-order valence-electron chi connectivity index (χ0n) is 10.8. The number of nitrogens with two attached hydrogens (primary N) is 1. The number of amides is 1. The molecule has 1 aromatic rings. The van der Waals surface area contributed by atoms with Gasteiger partial charge in [-0.25, -0.2) is 4.39 Å². The van der Waals surface area contributed by atoms with E-state index in [0.717, 1.165) is 12.8 Å². The standard InChI is InChI=1S/C14H19FN2O/c1-14(2)8-7-12(16)9-17(14)13(18)10-3-5-11(15)6-4-10/h3-6,12H,7-9,16H2,1-2H3. The topological polar surface area (TPSA) is 46.3 Å². The molecule has 3 nitrogen and oxygen atoms in total. The number of hydrogen-bond donors (Lipinski definition) is 1. The van der Waals surface area contributed by atoms with Crippen molar-refractivity contribution in [1.29, 1.82) is 0 Å². The molecule has 0 radical (unpaired) electrons. The van der Waals surface area contributed by atoms with E-state index >= 15 is 0 Å². The smallest absolute Gasteiger partial charge is 0.254 e. The first kappa shape index (κ1) is 13.0. The number of hydrogen-bond acceptors (Lipinski definition) is 2. The van der Waals surface area contributed by atoms with Crippen LogP contribution >= 0.6 is 0 Å². The molecule has 1 atom stereocenters. The zero-order chi connectivity index (χ0) is 13.3. The highest BCUT2D eigenvalue weighted by molar-refractivity contribution is 5.94. The number of piperidine rings is 1. The first-order valence-electron chi connectivity index (χ1n) is 6.23. The van der Waals surface area contributed by atoms with E-state index in [1.807, 2.05) is 13.8 Å². The summed E-state index contributed by atoms with van der Waals surface area (Å²) in [5.41, 5.74) is 6.25. The molecule has 1 saturated heterocycles. The Hall–Kier alpha value is -1.42. The number of carbonyl (C=O) groups excluding carboxylic acids is 1. The van der Waals surface area contributed by atoms with Crippen molar-refractivity contribution < 1.29 is 9.18 Å². The molecule has 1 unspecified atom stereocenters. The summed E-state index contributed by atoms with van der Waals surface area (Å²) >= 11 is 0. The Labute approximate surface area is 107 Å². The fourth-order valence-corrected chi connectivity index (χ4v) is 2.35. The van der Waals surface area contributed by atoms with Crippen molar-refractivity contribution in [3.8, 4) is 0 Å². The van der Waals surface area contributed by atoms with Gasteiger partial charge in [-0.3, -0.25) is 4.79 Å². The third-order valence-electron chi connectivity index (χ3n) is 3.61. The Morgan fingerprint density at radius 3 is 2.61 bits per heavy atom. The van der Waals surface area contributed by atoms with Gasteiger partial charge in [0.15, 0.2) is 0 Å². The summed E-state index contributed by atoms with van der Waals surface area (Å²) in [5.74, 6) is -0.406. The molecule has 1 fully saturated rings. The summed E-state index contributed by atoms with van der Waals surface area (Å²) in [6.45, 7) is 4.64. The molecule has 1 aromatic carbocycles. The first-order chi connectivity index (χ1) is 8.40. The van der Waals surface area contributed by atoms with E-state index in [-0.39, 0.29) is 23.3 Å². The second-order valence-electron chi connectivity index (χ2n) is 5.53. The molecule has 0 spiro atoms. The van der Waals surface area contributed by atoms with Gasteiger partial charge in [-0.05, 0) is 51.0 Å². The lowest BCUT2D eigenvalue weighted by Crippen LogP contribution is -2.56. The molecule has 0 bridgehead atoms. The Morgan fingerprint density at radius 1 is 1.39 bits per heavy atom. The van der Waals surface area contributed by atoms with Crippen LogP contribution < -0.4 is 5.73 Å². The third kappa shape index (κ3) is 2.53. The minimum Gasteiger partial charge on any atom is -0.332 e. The summed E-state index contributed by atoms with van der Waals surface area (Å²) in [6.07, 6.45) is 1.82. The van der Waals surface area contributed by atoms with E-state index in [9.17, 15) is 9.18 Å². The highest BCUT2D eigenvalue weighted by Crippen LogP contribution is 2.28. The van der Waals surface area contributed by atoms with Crippen LogP contribution in [-0.4, -0.2) is 28.9 Å². The molecule has 1 heterocycles. The lowest BCUT2D eigenvalue weighted by molar-refractivity contribution is 0.0395. The van der Waals surface area contributed by atoms with Gasteiger partial charge in [-0.2, -0.15) is 0 Å². The molecule has 2 rings (SSSR count). The Morgan fingerprint density at radius 2 is 2.00 bits per heavy atom. The quantitative estimate of drug-likeness (QED) is 0.830. The third-order valence-corrected chi connectivity index (χ3v) is 3.61. The van der Waals surface area contributed by atoms with Crippen LogP contribution in [0.25, 0.3) is 0 Å². The molecular weight excluding hydrogens is 231 g/mol. The van der Waals surface area contributed by atoms with Crippen LogP contribution in [0.1, 0.15) is 37.0 Å². The molecule has 98 valence electrons. The van der Waals surface area contributed by atoms with Crippen molar-refractivity contribution in [1.82, 2.24) is 4.90 Å². The monoisotopic (exact) mass is 250 g/mol. The molecule has 18 heavy (non-hydrogen) atoms. The molecule has 0 aromatic heterocycles. The van der Waals surface area contributed by atoms with E-state index in [4.69, 9.17) is 5.73 Å². The van der Waals surface area contributed by atoms with Gasteiger partial charge in [-0.1, -0.05) is 0 Å². The number of likely N-dealkylation sites (tertiary alicyclic amines) is 1. The average molecular weight is 250 g/mol. The van der Waals surface area contributed by atoms with Crippen molar-refractivity contribution in [2.45, 2.75) is 38.3 Å². The summed E-state index contributed by atoms with van der Waals surface area (Å²) in [7, 11) is 0. The van der Waals surface area contributed by atoms with Crippen molar-refractivity contribution in [3.05, 3.63) is 35.6 Å². The second kappa shape index (κ2) is 4.69. The number of benzene rings is 1. The van der Waals surface area contributed by atoms with Gasteiger partial charge < -0.3 is 10.6 Å². The number of rotatable bonds is 1. The van der Waals surface area contributed by atoms with E-state index in [2.05, 4.69) is 0 Å². The van der Waals surface area contributed by atoms with E-state index in [1.165, 1.54) is 24.3 Å². The van der Waals surface area contributed by atoms with Crippen LogP contribution in [0.15, 0.2) is 24.3 Å². The van der Waals surface area contributed by atoms with Gasteiger partial charge in [0.2, 0.25) is 0 Å². The number of carbonyl (C=O) groups is 1. The van der Waals surface area contributed by atoms with Crippen molar-refractivity contribution in [2.75, 3.05) is 6.54 Å². The Bertz CT molecular complexity index is 442. The van der Waals surface area contributed by atoms with Gasteiger partial charge in [-0.15, -0.1) is 0 Å². The molecule has 1 amide bonds. The fraction of sp³-hybridized carbons (Fsp3) is 0.500. The summed E-state index contributed by atoms with van der Waals surface area (Å²) < 4.78 is 12.9. The van der Waals surface area contributed by atoms with E-state index in [1.54, 1.807) is 4.90 Å². The van der Waals surface area contributed by atoms with Gasteiger partial charge in [0.1, 0.15) is 5.82 Å². The predicted octanol–water partition coefficient (Wildman–Crippen LogP) is 2.17. The molecule has 1 aliphatic rings. The Kier molecular flexibility index (Phi) is 3.39. The maximum atomic E-state index is 12.9. The van der Waals surface area contributed by atoms with Gasteiger partial charge in [0.05, 0.1) is 0 Å². The van der Waals surface area contributed by atoms with Crippen molar-refractivity contribution in [2.24, 2.45) is 5.73 Å². The molecular formula is C14H19FN2O. The van der Waals surface area contributed by atoms with Gasteiger partial charge >= 0.3 is 0 Å². The second-order valence-corrected chi connectivity index (χ2v) is 5.53. The Balaban J connectivity index is 2.23. The highest BCUT2D eigenvalue weighted by Gasteiger charge is 2.36. The highest BCUT2D eigenvalue weighted by atomic mass is 19.1. The molecule has 0 aliphatic carbocycles. The van der Waals surface area contributed by atoms with Crippen LogP contribution in [0.5, 0.6) is 0 Å². The van der Waals surface area contributed by atoms with Crippen molar-refractivity contribution in [3.63, 3.8) is 0 Å². The van der Waals surface area contributed by atoms with Crippen LogP contribution in [-0.2, 0) is 0 Å². The van der Waals surface area contributed by atoms with Crippen LogP contribution in [0.4, 0.5) is 4.39 Å². The predicted molar refractivity (Wildman–Crippen MR) is 68.7 cm³/mol. The van der Waals surface area contributed by atoms with Gasteiger partial charge in [0, 0.05) is 23.7 Å². The summed E-state index contributed by atoms with van der Waals surface area (Å²) in [4.78, 5) is 14.2. The fourth-order valence-electron chi connectivity index (χ4n) is 2.35. The molecule has 4 heteroatoms. The first-order valence-corrected chi connectivity index (χ1v) is 6.23. The minimum absolute atomic E-state index is 0.0300. The van der Waals surface area contributed by atoms with Crippen LogP contribution in [0.3, 0.4) is 0 Å². The van der Waals surface area contributed by atoms with Gasteiger partial charge in [0.25, 0.3) is 5.91 Å².